The minimum atomic E-state index is -3.65. The molecule has 0 aliphatic rings. The lowest BCUT2D eigenvalue weighted by Gasteiger charge is -2.26. The lowest BCUT2D eigenvalue weighted by molar-refractivity contribution is 0.170. The van der Waals surface area contributed by atoms with Crippen molar-refractivity contribution >= 4 is 10.0 Å². The van der Waals surface area contributed by atoms with E-state index in [1.807, 2.05) is 13.8 Å². The summed E-state index contributed by atoms with van der Waals surface area (Å²) in [6.45, 7) is 4.61. The predicted octanol–water partition coefficient (Wildman–Crippen LogP) is 1.20. The SMILES string of the molecule is COCCN(C(C)C)S(=O)(=O)c1ccc(CN)cc1OC. The first-order chi connectivity index (χ1) is 9.88. The Balaban J connectivity index is 3.27. The Bertz CT molecular complexity index is 558. The minimum absolute atomic E-state index is 0.145. The number of methoxy groups -OCH3 is 2. The summed E-state index contributed by atoms with van der Waals surface area (Å²) in [7, 11) is -0.661. The average molecular weight is 316 g/mol. The van der Waals surface area contributed by atoms with E-state index in [-0.39, 0.29) is 17.5 Å². The van der Waals surface area contributed by atoms with Crippen molar-refractivity contribution in [2.75, 3.05) is 27.4 Å². The molecule has 1 aromatic rings. The number of hydrogen-bond donors (Lipinski definition) is 1. The molecule has 0 saturated heterocycles. The zero-order valence-electron chi connectivity index (χ0n) is 13.0. The Kier molecular flexibility index (Phi) is 6.60. The van der Waals surface area contributed by atoms with Gasteiger partial charge in [-0.05, 0) is 31.5 Å². The number of sulfonamides is 1. The van der Waals surface area contributed by atoms with Gasteiger partial charge >= 0.3 is 0 Å². The first-order valence-electron chi connectivity index (χ1n) is 6.76. The van der Waals surface area contributed by atoms with Crippen molar-refractivity contribution in [1.82, 2.24) is 4.31 Å². The molecule has 0 atom stereocenters. The molecule has 0 radical (unpaired) electrons. The molecule has 7 heteroatoms. The first kappa shape index (κ1) is 17.9. The molecule has 0 amide bonds. The van der Waals surface area contributed by atoms with Crippen molar-refractivity contribution in [3.05, 3.63) is 23.8 Å². The highest BCUT2D eigenvalue weighted by Gasteiger charge is 2.29. The number of ether oxygens (including phenoxy) is 2. The van der Waals surface area contributed by atoms with Crippen LogP contribution >= 0.6 is 0 Å². The van der Waals surface area contributed by atoms with Crippen molar-refractivity contribution in [2.45, 2.75) is 31.3 Å². The van der Waals surface area contributed by atoms with E-state index in [1.54, 1.807) is 25.3 Å². The first-order valence-corrected chi connectivity index (χ1v) is 8.20. The van der Waals surface area contributed by atoms with Gasteiger partial charge in [-0.25, -0.2) is 8.42 Å². The normalized spacial score (nSPS) is 12.1. The zero-order chi connectivity index (χ0) is 16.0. The molecule has 0 spiro atoms. The standard InChI is InChI=1S/C14H24N2O4S/c1-11(2)16(7-8-19-3)21(17,18)14-6-5-12(10-15)9-13(14)20-4/h5-6,9,11H,7-8,10,15H2,1-4H3. The summed E-state index contributed by atoms with van der Waals surface area (Å²) >= 11 is 0. The fourth-order valence-corrected chi connectivity index (χ4v) is 3.77. The second-order valence-electron chi connectivity index (χ2n) is 4.89. The molecule has 0 unspecified atom stereocenters. The molecule has 0 aromatic heterocycles. The Morgan fingerprint density at radius 3 is 2.43 bits per heavy atom. The molecular formula is C14H24N2O4S. The fourth-order valence-electron chi connectivity index (χ4n) is 2.02. The van der Waals surface area contributed by atoms with Crippen LogP contribution in [0.3, 0.4) is 0 Å². The third kappa shape index (κ3) is 4.16. The van der Waals surface area contributed by atoms with Crippen molar-refractivity contribution in [2.24, 2.45) is 5.73 Å². The molecular weight excluding hydrogens is 292 g/mol. The Labute approximate surface area is 126 Å². The number of nitrogens with zero attached hydrogens (tertiary/aromatic N) is 1. The highest BCUT2D eigenvalue weighted by atomic mass is 32.2. The zero-order valence-corrected chi connectivity index (χ0v) is 13.8. The number of nitrogens with two attached hydrogens (primary N) is 1. The summed E-state index contributed by atoms with van der Waals surface area (Å²) in [6.07, 6.45) is 0. The van der Waals surface area contributed by atoms with Gasteiger partial charge < -0.3 is 15.2 Å². The van der Waals surface area contributed by atoms with Crippen LogP contribution in [0.15, 0.2) is 23.1 Å². The molecule has 1 rings (SSSR count). The van der Waals surface area contributed by atoms with Crippen LogP contribution in [0.4, 0.5) is 0 Å². The van der Waals surface area contributed by atoms with Gasteiger partial charge in [-0.3, -0.25) is 0 Å². The maximum atomic E-state index is 12.8. The highest BCUT2D eigenvalue weighted by Crippen LogP contribution is 2.28. The second-order valence-corrected chi connectivity index (χ2v) is 6.75. The van der Waals surface area contributed by atoms with Crippen molar-refractivity contribution in [3.63, 3.8) is 0 Å². The van der Waals surface area contributed by atoms with Crippen LogP contribution in [0, 0.1) is 0 Å². The van der Waals surface area contributed by atoms with Gasteiger partial charge in [0.2, 0.25) is 10.0 Å². The Hall–Kier alpha value is -1.15. The molecule has 0 saturated carbocycles. The topological polar surface area (TPSA) is 81.9 Å². The van der Waals surface area contributed by atoms with Gasteiger partial charge in [0.15, 0.2) is 0 Å². The molecule has 120 valence electrons. The van der Waals surface area contributed by atoms with Crippen LogP contribution in [0.25, 0.3) is 0 Å². The van der Waals surface area contributed by atoms with Crippen LogP contribution in [0.2, 0.25) is 0 Å². The summed E-state index contributed by atoms with van der Waals surface area (Å²) in [5.74, 6) is 0.306. The van der Waals surface area contributed by atoms with E-state index in [1.165, 1.54) is 11.4 Å². The van der Waals surface area contributed by atoms with Crippen molar-refractivity contribution in [3.8, 4) is 5.75 Å². The van der Waals surface area contributed by atoms with Gasteiger partial charge in [0.1, 0.15) is 10.6 Å². The summed E-state index contributed by atoms with van der Waals surface area (Å²) < 4.78 is 37.2. The molecule has 0 bridgehead atoms. The number of benzene rings is 1. The van der Waals surface area contributed by atoms with E-state index in [2.05, 4.69) is 0 Å². The van der Waals surface area contributed by atoms with Gasteiger partial charge in [0.05, 0.1) is 13.7 Å². The minimum Gasteiger partial charge on any atom is -0.495 e. The molecule has 6 nitrogen and oxygen atoms in total. The van der Waals surface area contributed by atoms with Crippen LogP contribution in [-0.2, 0) is 21.3 Å². The number of rotatable bonds is 8. The maximum Gasteiger partial charge on any atom is 0.247 e. The third-order valence-electron chi connectivity index (χ3n) is 3.14. The second kappa shape index (κ2) is 7.74. The highest BCUT2D eigenvalue weighted by molar-refractivity contribution is 7.89. The molecule has 0 aliphatic heterocycles. The fraction of sp³-hybridized carbons (Fsp3) is 0.571. The third-order valence-corrected chi connectivity index (χ3v) is 5.26. The molecule has 1 aromatic carbocycles. The number of hydrogen-bond acceptors (Lipinski definition) is 5. The van der Waals surface area contributed by atoms with Crippen molar-refractivity contribution in [1.29, 1.82) is 0 Å². The Morgan fingerprint density at radius 2 is 1.95 bits per heavy atom. The van der Waals surface area contributed by atoms with E-state index in [0.717, 1.165) is 5.56 Å². The molecule has 0 aliphatic carbocycles. The van der Waals surface area contributed by atoms with E-state index in [9.17, 15) is 8.42 Å². The molecule has 2 N–H and O–H groups in total. The van der Waals surface area contributed by atoms with Gasteiger partial charge in [-0.1, -0.05) is 6.07 Å². The molecule has 21 heavy (non-hydrogen) atoms. The smallest absolute Gasteiger partial charge is 0.247 e. The van der Waals surface area contributed by atoms with Gasteiger partial charge in [-0.2, -0.15) is 4.31 Å². The quantitative estimate of drug-likeness (QED) is 0.779. The lowest BCUT2D eigenvalue weighted by Crippen LogP contribution is -2.39. The summed E-state index contributed by atoms with van der Waals surface area (Å²) in [6, 6.07) is 4.72. The van der Waals surface area contributed by atoms with Gasteiger partial charge in [0.25, 0.3) is 0 Å². The van der Waals surface area contributed by atoms with E-state index >= 15 is 0 Å². The van der Waals surface area contributed by atoms with Crippen LogP contribution in [0.1, 0.15) is 19.4 Å². The van der Waals surface area contributed by atoms with Crippen LogP contribution in [0.5, 0.6) is 5.75 Å². The summed E-state index contributed by atoms with van der Waals surface area (Å²) in [4.78, 5) is 0.145. The predicted molar refractivity (Wildman–Crippen MR) is 81.8 cm³/mol. The Morgan fingerprint density at radius 1 is 1.29 bits per heavy atom. The van der Waals surface area contributed by atoms with Gasteiger partial charge in [-0.15, -0.1) is 0 Å². The van der Waals surface area contributed by atoms with Crippen molar-refractivity contribution < 1.29 is 17.9 Å². The largest absolute Gasteiger partial charge is 0.495 e. The van der Waals surface area contributed by atoms with E-state index < -0.39 is 10.0 Å². The summed E-state index contributed by atoms with van der Waals surface area (Å²) in [5.41, 5.74) is 6.39. The maximum absolute atomic E-state index is 12.8. The lowest BCUT2D eigenvalue weighted by atomic mass is 10.2. The van der Waals surface area contributed by atoms with E-state index in [4.69, 9.17) is 15.2 Å². The average Bonchev–Trinajstić information content (AvgIpc) is 2.46. The molecule has 0 heterocycles. The van der Waals surface area contributed by atoms with Crippen LogP contribution < -0.4 is 10.5 Å². The van der Waals surface area contributed by atoms with Crippen LogP contribution in [-0.4, -0.2) is 46.1 Å². The summed E-state index contributed by atoms with van der Waals surface area (Å²) in [5, 5.41) is 0. The molecule has 0 fully saturated rings. The van der Waals surface area contributed by atoms with Gasteiger partial charge in [0, 0.05) is 26.2 Å². The monoisotopic (exact) mass is 316 g/mol. The van der Waals surface area contributed by atoms with E-state index in [0.29, 0.717) is 18.9 Å².